The van der Waals surface area contributed by atoms with Crippen molar-refractivity contribution < 1.29 is 19.1 Å². The van der Waals surface area contributed by atoms with Crippen molar-refractivity contribution in [1.29, 1.82) is 0 Å². The molecule has 0 N–H and O–H groups in total. The highest BCUT2D eigenvalue weighted by Gasteiger charge is 2.42. The van der Waals surface area contributed by atoms with Gasteiger partial charge in [-0.3, -0.25) is 9.59 Å². The van der Waals surface area contributed by atoms with Gasteiger partial charge in [0.2, 0.25) is 0 Å². The van der Waals surface area contributed by atoms with Crippen LogP contribution in [0, 0.1) is 5.92 Å². The smallest absolute Gasteiger partial charge is 0.270 e. The molecule has 0 fully saturated rings. The molecule has 0 saturated heterocycles. The fourth-order valence-electron chi connectivity index (χ4n) is 2.52. The molecule has 0 unspecified atom stereocenters. The van der Waals surface area contributed by atoms with Gasteiger partial charge in [0.05, 0.1) is 12.3 Å². The average molecular weight is 305 g/mol. The summed E-state index contributed by atoms with van der Waals surface area (Å²) in [6.45, 7) is 10.5. The molecule has 2 rings (SSSR count). The van der Waals surface area contributed by atoms with Gasteiger partial charge in [-0.15, -0.1) is 0 Å². The van der Waals surface area contributed by atoms with E-state index in [0.717, 1.165) is 6.29 Å². The lowest BCUT2D eigenvalue weighted by Gasteiger charge is -2.40. The standard InChI is InChI=1S/C17H23NO4/c1-6-21-14-8-12(10-19)7-13-15(14)22-17(4,5)16(20)18(13)9-11(2)3/h7-8,10-11H,6,9H2,1-5H3. The zero-order valence-electron chi connectivity index (χ0n) is 13.8. The Kier molecular flexibility index (Phi) is 4.44. The Morgan fingerprint density at radius 1 is 1.36 bits per heavy atom. The van der Waals surface area contributed by atoms with E-state index in [1.54, 1.807) is 30.9 Å². The Morgan fingerprint density at radius 2 is 2.05 bits per heavy atom. The van der Waals surface area contributed by atoms with Crippen molar-refractivity contribution in [3.8, 4) is 11.5 Å². The largest absolute Gasteiger partial charge is 0.490 e. The molecule has 1 aliphatic rings. The van der Waals surface area contributed by atoms with Crippen molar-refractivity contribution in [2.24, 2.45) is 5.92 Å². The fourth-order valence-corrected chi connectivity index (χ4v) is 2.52. The third-order valence-electron chi connectivity index (χ3n) is 3.45. The summed E-state index contributed by atoms with van der Waals surface area (Å²) in [5.41, 5.74) is 0.106. The summed E-state index contributed by atoms with van der Waals surface area (Å²) in [4.78, 5) is 25.6. The van der Waals surface area contributed by atoms with Crippen molar-refractivity contribution >= 4 is 17.9 Å². The van der Waals surface area contributed by atoms with Gasteiger partial charge in [-0.25, -0.2) is 0 Å². The van der Waals surface area contributed by atoms with Crippen LogP contribution in [0.25, 0.3) is 0 Å². The first-order valence-electron chi connectivity index (χ1n) is 7.57. The number of hydrogen-bond donors (Lipinski definition) is 0. The maximum Gasteiger partial charge on any atom is 0.270 e. The van der Waals surface area contributed by atoms with Gasteiger partial charge in [-0.2, -0.15) is 0 Å². The second-order valence-corrected chi connectivity index (χ2v) is 6.34. The lowest BCUT2D eigenvalue weighted by atomic mass is 10.0. The molecule has 5 nitrogen and oxygen atoms in total. The maximum atomic E-state index is 12.7. The topological polar surface area (TPSA) is 55.8 Å². The molecule has 22 heavy (non-hydrogen) atoms. The fraction of sp³-hybridized carbons (Fsp3) is 0.529. The summed E-state index contributed by atoms with van der Waals surface area (Å²) in [5, 5.41) is 0. The molecule has 0 bridgehead atoms. The molecule has 0 aliphatic carbocycles. The lowest BCUT2D eigenvalue weighted by molar-refractivity contribution is -0.132. The molecule has 0 radical (unpaired) electrons. The molecule has 1 heterocycles. The highest BCUT2D eigenvalue weighted by molar-refractivity contribution is 6.03. The van der Waals surface area contributed by atoms with Gasteiger partial charge < -0.3 is 14.4 Å². The molecular formula is C17H23NO4. The predicted molar refractivity (Wildman–Crippen MR) is 84.9 cm³/mol. The van der Waals surface area contributed by atoms with Gasteiger partial charge in [0.25, 0.3) is 5.91 Å². The minimum Gasteiger partial charge on any atom is -0.490 e. The molecule has 5 heteroatoms. The first-order chi connectivity index (χ1) is 10.3. The highest BCUT2D eigenvalue weighted by Crippen LogP contribution is 2.45. The number of aldehydes is 1. The van der Waals surface area contributed by atoms with Crippen LogP contribution in [0.4, 0.5) is 5.69 Å². The molecule has 0 aromatic heterocycles. The SMILES string of the molecule is CCOc1cc(C=O)cc2c1OC(C)(C)C(=O)N2CC(C)C. The van der Waals surface area contributed by atoms with Crippen molar-refractivity contribution in [2.45, 2.75) is 40.2 Å². The van der Waals surface area contributed by atoms with Crippen molar-refractivity contribution in [2.75, 3.05) is 18.1 Å². The number of anilines is 1. The van der Waals surface area contributed by atoms with Gasteiger partial charge in [0.15, 0.2) is 17.1 Å². The highest BCUT2D eigenvalue weighted by atomic mass is 16.5. The van der Waals surface area contributed by atoms with Crippen LogP contribution < -0.4 is 14.4 Å². The van der Waals surface area contributed by atoms with E-state index in [-0.39, 0.29) is 5.91 Å². The molecule has 120 valence electrons. The number of nitrogens with zero attached hydrogens (tertiary/aromatic N) is 1. The molecule has 0 saturated carbocycles. The molecule has 0 spiro atoms. The Labute approximate surface area is 131 Å². The number of carbonyl (C=O) groups is 2. The summed E-state index contributed by atoms with van der Waals surface area (Å²) in [6, 6.07) is 3.33. The van der Waals surface area contributed by atoms with Crippen molar-refractivity contribution in [3.05, 3.63) is 17.7 Å². The first-order valence-corrected chi connectivity index (χ1v) is 7.57. The van der Waals surface area contributed by atoms with Crippen LogP contribution in [-0.4, -0.2) is 30.9 Å². The maximum absolute atomic E-state index is 12.7. The van der Waals surface area contributed by atoms with Crippen LogP contribution in [0.15, 0.2) is 12.1 Å². The number of amides is 1. The molecular weight excluding hydrogens is 282 g/mol. The number of carbonyl (C=O) groups excluding carboxylic acids is 2. The van der Waals surface area contributed by atoms with E-state index in [0.29, 0.717) is 41.8 Å². The molecule has 1 aromatic rings. The number of rotatable bonds is 5. The van der Waals surface area contributed by atoms with E-state index in [1.807, 2.05) is 20.8 Å². The van der Waals surface area contributed by atoms with E-state index in [4.69, 9.17) is 9.47 Å². The Morgan fingerprint density at radius 3 is 2.59 bits per heavy atom. The van der Waals surface area contributed by atoms with Crippen LogP contribution in [-0.2, 0) is 4.79 Å². The number of ether oxygens (including phenoxy) is 2. The van der Waals surface area contributed by atoms with E-state index < -0.39 is 5.60 Å². The summed E-state index contributed by atoms with van der Waals surface area (Å²) >= 11 is 0. The Hall–Kier alpha value is -2.04. The summed E-state index contributed by atoms with van der Waals surface area (Å²) in [7, 11) is 0. The summed E-state index contributed by atoms with van der Waals surface area (Å²) < 4.78 is 11.5. The third kappa shape index (κ3) is 2.93. The van der Waals surface area contributed by atoms with E-state index >= 15 is 0 Å². The minimum atomic E-state index is -0.962. The lowest BCUT2D eigenvalue weighted by Crippen LogP contribution is -2.53. The number of hydrogen-bond acceptors (Lipinski definition) is 4. The minimum absolute atomic E-state index is 0.112. The first kappa shape index (κ1) is 16.3. The molecule has 0 atom stereocenters. The van der Waals surface area contributed by atoms with Crippen LogP contribution in [0.3, 0.4) is 0 Å². The quantitative estimate of drug-likeness (QED) is 0.785. The van der Waals surface area contributed by atoms with E-state index in [9.17, 15) is 9.59 Å². The second kappa shape index (κ2) is 5.99. The third-order valence-corrected chi connectivity index (χ3v) is 3.45. The Bertz CT molecular complexity index is 593. The van der Waals surface area contributed by atoms with E-state index in [2.05, 4.69) is 0 Å². The summed E-state index contributed by atoms with van der Waals surface area (Å²) in [5.74, 6) is 1.20. The zero-order chi connectivity index (χ0) is 16.5. The second-order valence-electron chi connectivity index (χ2n) is 6.34. The van der Waals surface area contributed by atoms with Crippen LogP contribution in [0.1, 0.15) is 45.0 Å². The monoisotopic (exact) mass is 305 g/mol. The molecule has 1 amide bonds. The van der Waals surface area contributed by atoms with Gasteiger partial charge in [-0.1, -0.05) is 13.8 Å². The number of fused-ring (bicyclic) bond motifs is 1. The Balaban J connectivity index is 2.63. The van der Waals surface area contributed by atoms with Crippen molar-refractivity contribution in [3.63, 3.8) is 0 Å². The van der Waals surface area contributed by atoms with E-state index in [1.165, 1.54) is 0 Å². The molecule has 1 aromatic carbocycles. The average Bonchev–Trinajstić information content (AvgIpc) is 2.44. The zero-order valence-corrected chi connectivity index (χ0v) is 13.8. The van der Waals surface area contributed by atoms with Crippen LogP contribution >= 0.6 is 0 Å². The van der Waals surface area contributed by atoms with Gasteiger partial charge in [-0.05, 0) is 38.8 Å². The van der Waals surface area contributed by atoms with Crippen LogP contribution in [0.5, 0.6) is 11.5 Å². The molecule has 1 aliphatic heterocycles. The normalized spacial score (nSPS) is 16.3. The van der Waals surface area contributed by atoms with Gasteiger partial charge >= 0.3 is 0 Å². The summed E-state index contributed by atoms with van der Waals surface area (Å²) in [6.07, 6.45) is 0.751. The van der Waals surface area contributed by atoms with Crippen LogP contribution in [0.2, 0.25) is 0 Å². The van der Waals surface area contributed by atoms with Gasteiger partial charge in [0, 0.05) is 12.1 Å². The van der Waals surface area contributed by atoms with Crippen molar-refractivity contribution in [1.82, 2.24) is 0 Å². The van der Waals surface area contributed by atoms with Gasteiger partial charge in [0.1, 0.15) is 6.29 Å². The number of benzene rings is 1. The predicted octanol–water partition coefficient (Wildman–Crippen LogP) is 3.06.